The van der Waals surface area contributed by atoms with E-state index >= 15 is 0 Å². The molecule has 0 radical (unpaired) electrons. The Labute approximate surface area is 136 Å². The maximum absolute atomic E-state index is 4.50. The van der Waals surface area contributed by atoms with Crippen LogP contribution in [0.3, 0.4) is 0 Å². The first-order valence-corrected chi connectivity index (χ1v) is 9.75. The molecule has 3 heteroatoms. The minimum atomic E-state index is 0.372. The average molecular weight is 360 g/mol. The summed E-state index contributed by atoms with van der Waals surface area (Å²) in [5.41, 5.74) is 3.99. The third kappa shape index (κ3) is 3.74. The second-order valence-corrected chi connectivity index (χ2v) is 9.68. The number of thiophene rings is 1. The normalized spacial score (nSPS) is 11.8. The van der Waals surface area contributed by atoms with Crippen LogP contribution in [0.1, 0.15) is 25.2 Å². The van der Waals surface area contributed by atoms with Gasteiger partial charge in [-0.15, -0.1) is 0 Å². The predicted octanol–water partition coefficient (Wildman–Crippen LogP) is 5.12. The number of hydrogen-bond acceptors (Lipinski definition) is 2. The Morgan fingerprint density at radius 2 is 1.95 bits per heavy atom. The van der Waals surface area contributed by atoms with Gasteiger partial charge in [0.25, 0.3) is 0 Å². The van der Waals surface area contributed by atoms with Crippen molar-refractivity contribution in [1.29, 1.82) is 0 Å². The van der Waals surface area contributed by atoms with Crippen LogP contribution in [0.4, 0.5) is 0 Å². The number of aromatic nitrogens is 1. The summed E-state index contributed by atoms with van der Waals surface area (Å²) in [4.78, 5) is 4.50. The molecule has 3 rings (SSSR count). The van der Waals surface area contributed by atoms with E-state index < -0.39 is 0 Å². The third-order valence-corrected chi connectivity index (χ3v) is 6.29. The summed E-state index contributed by atoms with van der Waals surface area (Å²) in [6, 6.07) is 11.1. The second kappa shape index (κ2) is 5.92. The second-order valence-electron chi connectivity index (χ2n) is 6.45. The van der Waals surface area contributed by atoms with E-state index in [1.54, 1.807) is 15.8 Å². The molecule has 0 aliphatic heterocycles. The molecule has 0 amide bonds. The van der Waals surface area contributed by atoms with Crippen molar-refractivity contribution < 1.29 is 0 Å². The Kier molecular flexibility index (Phi) is 4.16. The van der Waals surface area contributed by atoms with Crippen molar-refractivity contribution in [3.63, 3.8) is 0 Å². The molecule has 0 atom stereocenters. The van der Waals surface area contributed by atoms with E-state index in [4.69, 9.17) is 0 Å². The summed E-state index contributed by atoms with van der Waals surface area (Å²) in [5, 5.41) is 4.26. The van der Waals surface area contributed by atoms with E-state index in [1.165, 1.54) is 22.0 Å². The van der Waals surface area contributed by atoms with E-state index in [9.17, 15) is 0 Å². The van der Waals surface area contributed by atoms with Crippen LogP contribution in [0, 0.1) is 5.41 Å². The van der Waals surface area contributed by atoms with Gasteiger partial charge >= 0.3 is 136 Å². The summed E-state index contributed by atoms with van der Waals surface area (Å²) in [7, 11) is 0. The van der Waals surface area contributed by atoms with Gasteiger partial charge in [0.2, 0.25) is 0 Å². The fourth-order valence-electron chi connectivity index (χ4n) is 2.30. The fourth-order valence-corrected chi connectivity index (χ4v) is 5.69. The molecular formula is C18H19NSSe. The molecule has 3 heterocycles. The molecule has 3 aromatic heterocycles. The molecule has 0 bridgehead atoms. The van der Waals surface area contributed by atoms with Gasteiger partial charge in [-0.25, -0.2) is 0 Å². The van der Waals surface area contributed by atoms with Crippen LogP contribution in [-0.4, -0.2) is 19.5 Å². The van der Waals surface area contributed by atoms with Crippen molar-refractivity contribution >= 4 is 25.8 Å². The molecule has 0 aliphatic rings. The number of pyridine rings is 1. The van der Waals surface area contributed by atoms with Gasteiger partial charge in [0.15, 0.2) is 0 Å². The molecule has 1 nitrogen and oxygen atoms in total. The Balaban J connectivity index is 1.89. The van der Waals surface area contributed by atoms with Gasteiger partial charge in [0.1, 0.15) is 0 Å². The molecule has 0 N–H and O–H groups in total. The van der Waals surface area contributed by atoms with Crippen LogP contribution in [0.15, 0.2) is 47.3 Å². The molecule has 0 saturated carbocycles. The van der Waals surface area contributed by atoms with Crippen molar-refractivity contribution in [3.05, 3.63) is 51.7 Å². The topological polar surface area (TPSA) is 12.9 Å². The van der Waals surface area contributed by atoms with Gasteiger partial charge < -0.3 is 0 Å². The Hall–Kier alpha value is -1.15. The van der Waals surface area contributed by atoms with Gasteiger partial charge in [-0.1, -0.05) is 0 Å². The molecule has 0 aliphatic carbocycles. The molecule has 108 valence electrons. The summed E-state index contributed by atoms with van der Waals surface area (Å²) >= 11 is 2.18. The summed E-state index contributed by atoms with van der Waals surface area (Å²) in [6.45, 7) is 6.93. The molecular weight excluding hydrogens is 341 g/mol. The van der Waals surface area contributed by atoms with Gasteiger partial charge in [-0.05, 0) is 0 Å². The summed E-state index contributed by atoms with van der Waals surface area (Å²) in [6.07, 6.45) is 3.12. The Morgan fingerprint density at radius 3 is 2.67 bits per heavy atom. The van der Waals surface area contributed by atoms with Gasteiger partial charge in [-0.2, -0.15) is 0 Å². The van der Waals surface area contributed by atoms with Crippen LogP contribution in [-0.2, 0) is 6.42 Å². The first-order chi connectivity index (χ1) is 10.0. The van der Waals surface area contributed by atoms with Gasteiger partial charge in [0.05, 0.1) is 0 Å². The van der Waals surface area contributed by atoms with Crippen molar-refractivity contribution in [1.82, 2.24) is 4.98 Å². The number of nitrogens with zero attached hydrogens (tertiary/aromatic N) is 1. The predicted molar refractivity (Wildman–Crippen MR) is 93.1 cm³/mol. The summed E-state index contributed by atoms with van der Waals surface area (Å²) < 4.78 is 3.07. The monoisotopic (exact) mass is 361 g/mol. The van der Waals surface area contributed by atoms with Gasteiger partial charge in [-0.3, -0.25) is 0 Å². The van der Waals surface area contributed by atoms with Crippen molar-refractivity contribution in [3.8, 4) is 21.3 Å². The quantitative estimate of drug-likeness (QED) is 0.591. The SMILES string of the molecule is CC(C)(C)Cc1ccc(-c2ccnc(-c3ccsc3)c2)[se]1. The van der Waals surface area contributed by atoms with E-state index in [2.05, 4.69) is 66.8 Å². The molecule has 0 saturated heterocycles. The Morgan fingerprint density at radius 1 is 1.10 bits per heavy atom. The van der Waals surface area contributed by atoms with Crippen molar-refractivity contribution in [2.24, 2.45) is 5.41 Å². The van der Waals surface area contributed by atoms with Crippen LogP contribution in [0.25, 0.3) is 21.3 Å². The molecule has 0 spiro atoms. The number of rotatable bonds is 3. The zero-order valence-corrected chi connectivity index (χ0v) is 15.1. The van der Waals surface area contributed by atoms with E-state index in [1.807, 2.05) is 6.20 Å². The molecule has 3 aromatic rings. The van der Waals surface area contributed by atoms with Crippen molar-refractivity contribution in [2.75, 3.05) is 0 Å². The standard InChI is InChI=1S/C18H19NSSe/c1-18(2,3)11-15-4-5-17(21-15)13-6-8-19-16(10-13)14-7-9-20-12-14/h4-10,12H,11H2,1-3H3. The van der Waals surface area contributed by atoms with Crippen LogP contribution in [0.5, 0.6) is 0 Å². The van der Waals surface area contributed by atoms with E-state index in [0.29, 0.717) is 19.9 Å². The Bertz CT molecular complexity index is 720. The van der Waals surface area contributed by atoms with E-state index in [0.717, 1.165) is 5.69 Å². The average Bonchev–Trinajstić information content (AvgIpc) is 3.08. The minimum absolute atomic E-state index is 0.372. The summed E-state index contributed by atoms with van der Waals surface area (Å²) in [5.74, 6) is 0. The van der Waals surface area contributed by atoms with Crippen LogP contribution in [0.2, 0.25) is 0 Å². The molecule has 0 fully saturated rings. The molecule has 0 unspecified atom stereocenters. The molecule has 0 aromatic carbocycles. The molecule has 21 heavy (non-hydrogen) atoms. The third-order valence-electron chi connectivity index (χ3n) is 3.23. The van der Waals surface area contributed by atoms with Crippen molar-refractivity contribution in [2.45, 2.75) is 27.2 Å². The number of hydrogen-bond donors (Lipinski definition) is 0. The van der Waals surface area contributed by atoms with Crippen LogP contribution < -0.4 is 0 Å². The van der Waals surface area contributed by atoms with Gasteiger partial charge in [0, 0.05) is 0 Å². The zero-order valence-electron chi connectivity index (χ0n) is 12.6. The zero-order chi connectivity index (χ0) is 14.9. The first kappa shape index (κ1) is 14.8. The maximum atomic E-state index is 4.50. The van der Waals surface area contributed by atoms with Crippen LogP contribution >= 0.6 is 11.3 Å². The first-order valence-electron chi connectivity index (χ1n) is 7.09. The fraction of sp³-hybridized carbons (Fsp3) is 0.278. The van der Waals surface area contributed by atoms with E-state index in [-0.39, 0.29) is 0 Å².